The molecule has 4 heteroatoms. The van der Waals surface area contributed by atoms with Crippen LogP contribution in [0.25, 0.3) is 0 Å². The molecule has 0 radical (unpaired) electrons. The van der Waals surface area contributed by atoms with Crippen molar-refractivity contribution in [3.63, 3.8) is 0 Å². The number of anilines is 1. The minimum absolute atomic E-state index is 0.0597. The van der Waals surface area contributed by atoms with Crippen molar-refractivity contribution in [1.82, 2.24) is 4.90 Å². The molecule has 0 bridgehead atoms. The standard InChI is InChI=1S/C14H22N2O2/c1-11(2)16(9-12(3)17)10-14(18)15-13-7-5-4-6-8-13/h4-8,11-12,17H,9-10H2,1-3H3,(H,15,18). The van der Waals surface area contributed by atoms with Crippen molar-refractivity contribution in [2.75, 3.05) is 18.4 Å². The number of nitrogens with one attached hydrogen (secondary N) is 1. The Morgan fingerprint density at radius 3 is 2.39 bits per heavy atom. The van der Waals surface area contributed by atoms with E-state index in [4.69, 9.17) is 0 Å². The molecular formula is C14H22N2O2. The first kappa shape index (κ1) is 14.7. The van der Waals surface area contributed by atoms with Crippen molar-refractivity contribution in [1.29, 1.82) is 0 Å². The van der Waals surface area contributed by atoms with E-state index >= 15 is 0 Å². The Hall–Kier alpha value is -1.39. The first-order chi connectivity index (χ1) is 8.49. The summed E-state index contributed by atoms with van der Waals surface area (Å²) in [6.45, 7) is 6.54. The first-order valence-corrected chi connectivity index (χ1v) is 6.26. The third kappa shape index (κ3) is 5.29. The maximum Gasteiger partial charge on any atom is 0.238 e. The van der Waals surface area contributed by atoms with Gasteiger partial charge in [-0.15, -0.1) is 0 Å². The summed E-state index contributed by atoms with van der Waals surface area (Å²) in [5.74, 6) is -0.0597. The fraction of sp³-hybridized carbons (Fsp3) is 0.500. The second kappa shape index (κ2) is 7.13. The van der Waals surface area contributed by atoms with Gasteiger partial charge in [0, 0.05) is 18.3 Å². The van der Waals surface area contributed by atoms with Crippen molar-refractivity contribution < 1.29 is 9.90 Å². The van der Waals surface area contributed by atoms with Gasteiger partial charge in [0.25, 0.3) is 0 Å². The van der Waals surface area contributed by atoms with E-state index in [9.17, 15) is 9.90 Å². The summed E-state index contributed by atoms with van der Waals surface area (Å²) < 4.78 is 0. The fourth-order valence-corrected chi connectivity index (χ4v) is 1.70. The molecule has 0 aliphatic carbocycles. The number of aliphatic hydroxyl groups excluding tert-OH is 1. The molecule has 0 aliphatic rings. The van der Waals surface area contributed by atoms with Crippen molar-refractivity contribution in [2.45, 2.75) is 32.9 Å². The Labute approximate surface area is 109 Å². The van der Waals surface area contributed by atoms with Crippen LogP contribution in [0.2, 0.25) is 0 Å². The van der Waals surface area contributed by atoms with Crippen LogP contribution < -0.4 is 5.32 Å². The van der Waals surface area contributed by atoms with Crippen molar-refractivity contribution >= 4 is 11.6 Å². The SMILES string of the molecule is CC(O)CN(CC(=O)Nc1ccccc1)C(C)C. The molecule has 0 aliphatic heterocycles. The number of hydrogen-bond donors (Lipinski definition) is 2. The normalized spacial score (nSPS) is 12.8. The van der Waals surface area contributed by atoms with E-state index in [1.807, 2.05) is 49.1 Å². The quantitative estimate of drug-likeness (QED) is 0.808. The highest BCUT2D eigenvalue weighted by atomic mass is 16.3. The van der Waals surface area contributed by atoms with Gasteiger partial charge in [-0.2, -0.15) is 0 Å². The van der Waals surface area contributed by atoms with E-state index in [1.54, 1.807) is 6.92 Å². The highest BCUT2D eigenvalue weighted by Gasteiger charge is 2.15. The summed E-state index contributed by atoms with van der Waals surface area (Å²) in [6, 6.07) is 9.60. The van der Waals surface area contributed by atoms with Gasteiger partial charge in [-0.25, -0.2) is 0 Å². The number of benzene rings is 1. The molecule has 0 spiro atoms. The number of carbonyl (C=O) groups is 1. The predicted molar refractivity (Wildman–Crippen MR) is 73.5 cm³/mol. The summed E-state index contributed by atoms with van der Waals surface area (Å²) in [7, 11) is 0. The van der Waals surface area contributed by atoms with E-state index in [1.165, 1.54) is 0 Å². The zero-order valence-electron chi connectivity index (χ0n) is 11.3. The van der Waals surface area contributed by atoms with Crippen molar-refractivity contribution in [3.05, 3.63) is 30.3 Å². The number of amides is 1. The largest absolute Gasteiger partial charge is 0.392 e. The van der Waals surface area contributed by atoms with Gasteiger partial charge in [-0.3, -0.25) is 9.69 Å². The number of aliphatic hydroxyl groups is 1. The van der Waals surface area contributed by atoms with E-state index in [2.05, 4.69) is 5.32 Å². The molecule has 1 aromatic rings. The third-order valence-corrected chi connectivity index (χ3v) is 2.63. The molecule has 4 nitrogen and oxygen atoms in total. The van der Waals surface area contributed by atoms with Gasteiger partial charge in [-0.05, 0) is 32.9 Å². The van der Waals surface area contributed by atoms with Crippen LogP contribution in [0.5, 0.6) is 0 Å². The summed E-state index contributed by atoms with van der Waals surface area (Å²) in [5, 5.41) is 12.2. The van der Waals surface area contributed by atoms with Gasteiger partial charge in [0.15, 0.2) is 0 Å². The molecule has 1 atom stereocenters. The average molecular weight is 250 g/mol. The maximum absolute atomic E-state index is 11.9. The molecule has 100 valence electrons. The van der Waals surface area contributed by atoms with Gasteiger partial charge in [0.2, 0.25) is 5.91 Å². The second-order valence-electron chi connectivity index (χ2n) is 4.79. The average Bonchev–Trinajstić information content (AvgIpc) is 2.28. The second-order valence-corrected chi connectivity index (χ2v) is 4.79. The molecule has 0 saturated carbocycles. The monoisotopic (exact) mass is 250 g/mol. The van der Waals surface area contributed by atoms with Gasteiger partial charge in [-0.1, -0.05) is 18.2 Å². The van der Waals surface area contributed by atoms with Crippen LogP contribution in [0.15, 0.2) is 30.3 Å². The van der Waals surface area contributed by atoms with E-state index in [-0.39, 0.29) is 18.5 Å². The summed E-state index contributed by atoms with van der Waals surface area (Å²) in [4.78, 5) is 13.8. The molecule has 1 rings (SSSR count). The lowest BCUT2D eigenvalue weighted by Crippen LogP contribution is -2.41. The van der Waals surface area contributed by atoms with Crippen LogP contribution in [0.4, 0.5) is 5.69 Å². The Balaban J connectivity index is 2.51. The number of rotatable bonds is 6. The third-order valence-electron chi connectivity index (χ3n) is 2.63. The summed E-state index contributed by atoms with van der Waals surface area (Å²) in [5.41, 5.74) is 0.795. The van der Waals surface area contributed by atoms with Crippen LogP contribution >= 0.6 is 0 Å². The molecule has 0 heterocycles. The highest BCUT2D eigenvalue weighted by molar-refractivity contribution is 5.92. The van der Waals surface area contributed by atoms with Crippen LogP contribution in [0.1, 0.15) is 20.8 Å². The first-order valence-electron chi connectivity index (χ1n) is 6.26. The van der Waals surface area contributed by atoms with Gasteiger partial charge in [0.05, 0.1) is 12.6 Å². The topological polar surface area (TPSA) is 52.6 Å². The van der Waals surface area contributed by atoms with Crippen LogP contribution in [0, 0.1) is 0 Å². The number of carbonyl (C=O) groups excluding carboxylic acids is 1. The molecule has 1 amide bonds. The minimum Gasteiger partial charge on any atom is -0.392 e. The molecule has 1 unspecified atom stereocenters. The Morgan fingerprint density at radius 1 is 1.28 bits per heavy atom. The van der Waals surface area contributed by atoms with Gasteiger partial charge >= 0.3 is 0 Å². The summed E-state index contributed by atoms with van der Waals surface area (Å²) >= 11 is 0. The van der Waals surface area contributed by atoms with Crippen molar-refractivity contribution in [3.8, 4) is 0 Å². The van der Waals surface area contributed by atoms with E-state index in [0.29, 0.717) is 6.54 Å². The minimum atomic E-state index is -0.433. The van der Waals surface area contributed by atoms with E-state index < -0.39 is 6.10 Å². The molecule has 0 aromatic heterocycles. The Bertz CT molecular complexity index is 363. The molecule has 2 N–H and O–H groups in total. The van der Waals surface area contributed by atoms with Crippen LogP contribution in [0.3, 0.4) is 0 Å². The lowest BCUT2D eigenvalue weighted by molar-refractivity contribution is -0.118. The number of nitrogens with zero attached hydrogens (tertiary/aromatic N) is 1. The maximum atomic E-state index is 11.9. The fourth-order valence-electron chi connectivity index (χ4n) is 1.70. The smallest absolute Gasteiger partial charge is 0.238 e. The number of hydrogen-bond acceptors (Lipinski definition) is 3. The summed E-state index contributed by atoms with van der Waals surface area (Å²) in [6.07, 6.45) is -0.433. The lowest BCUT2D eigenvalue weighted by Gasteiger charge is -2.26. The van der Waals surface area contributed by atoms with Gasteiger partial charge < -0.3 is 10.4 Å². The molecular weight excluding hydrogens is 228 g/mol. The Kier molecular flexibility index (Phi) is 5.82. The number of para-hydroxylation sites is 1. The molecule has 1 aromatic carbocycles. The highest BCUT2D eigenvalue weighted by Crippen LogP contribution is 2.06. The van der Waals surface area contributed by atoms with Gasteiger partial charge in [0.1, 0.15) is 0 Å². The predicted octanol–water partition coefficient (Wildman–Crippen LogP) is 1.72. The van der Waals surface area contributed by atoms with Crippen LogP contribution in [-0.4, -0.2) is 41.1 Å². The van der Waals surface area contributed by atoms with E-state index in [0.717, 1.165) is 5.69 Å². The zero-order chi connectivity index (χ0) is 13.5. The Morgan fingerprint density at radius 2 is 1.89 bits per heavy atom. The van der Waals surface area contributed by atoms with Crippen LogP contribution in [-0.2, 0) is 4.79 Å². The lowest BCUT2D eigenvalue weighted by atomic mass is 10.2. The molecule has 0 fully saturated rings. The molecule has 18 heavy (non-hydrogen) atoms. The van der Waals surface area contributed by atoms with Crippen molar-refractivity contribution in [2.24, 2.45) is 0 Å². The zero-order valence-corrected chi connectivity index (χ0v) is 11.3. The molecule has 0 saturated heterocycles.